The molecule has 2 aromatic rings. The molecule has 0 unspecified atom stereocenters. The summed E-state index contributed by atoms with van der Waals surface area (Å²) < 4.78 is 0. The molecule has 4 heteroatoms. The number of rotatable bonds is 7. The molecule has 0 radical (unpaired) electrons. The zero-order valence-corrected chi connectivity index (χ0v) is 15.6. The van der Waals surface area contributed by atoms with Crippen LogP contribution in [-0.4, -0.2) is 19.0 Å². The number of nitriles is 1. The maximum Gasteiger partial charge on any atom is 0.266 e. The fourth-order valence-corrected chi connectivity index (χ4v) is 2.71. The van der Waals surface area contributed by atoms with Gasteiger partial charge in [-0.1, -0.05) is 31.2 Å². The third-order valence-electron chi connectivity index (χ3n) is 4.32. The highest BCUT2D eigenvalue weighted by Gasteiger charge is 2.10. The second-order valence-corrected chi connectivity index (χ2v) is 5.94. The summed E-state index contributed by atoms with van der Waals surface area (Å²) in [6.45, 7) is 8.18. The van der Waals surface area contributed by atoms with Gasteiger partial charge in [0.1, 0.15) is 11.6 Å². The molecule has 0 atom stereocenters. The Bertz CT molecular complexity index is 795. The lowest BCUT2D eigenvalue weighted by Crippen LogP contribution is -2.21. The summed E-state index contributed by atoms with van der Waals surface area (Å²) >= 11 is 0. The molecule has 0 aliphatic rings. The van der Waals surface area contributed by atoms with Gasteiger partial charge in [-0.15, -0.1) is 0 Å². The van der Waals surface area contributed by atoms with Gasteiger partial charge in [-0.05, 0) is 61.7 Å². The van der Waals surface area contributed by atoms with Crippen LogP contribution in [0, 0.1) is 11.3 Å². The minimum atomic E-state index is -0.399. The van der Waals surface area contributed by atoms with Crippen LogP contribution < -0.4 is 10.2 Å². The van der Waals surface area contributed by atoms with E-state index in [1.807, 2.05) is 54.6 Å². The van der Waals surface area contributed by atoms with Crippen LogP contribution in [0.15, 0.2) is 54.1 Å². The van der Waals surface area contributed by atoms with E-state index in [0.29, 0.717) is 5.69 Å². The van der Waals surface area contributed by atoms with Crippen molar-refractivity contribution >= 4 is 23.4 Å². The number of nitrogens with one attached hydrogen (secondary N) is 1. The molecule has 2 rings (SSSR count). The summed E-state index contributed by atoms with van der Waals surface area (Å²) in [7, 11) is 0. The van der Waals surface area contributed by atoms with Crippen LogP contribution in [0.1, 0.15) is 31.9 Å². The molecule has 0 fully saturated rings. The maximum atomic E-state index is 12.4. The van der Waals surface area contributed by atoms with Gasteiger partial charge in [-0.3, -0.25) is 4.79 Å². The quantitative estimate of drug-likeness (QED) is 0.586. The fourth-order valence-electron chi connectivity index (χ4n) is 2.71. The highest BCUT2D eigenvalue weighted by atomic mass is 16.1. The molecule has 134 valence electrons. The predicted octanol–water partition coefficient (Wildman–Crippen LogP) is 4.64. The molecule has 0 saturated carbocycles. The summed E-state index contributed by atoms with van der Waals surface area (Å²) in [5, 5.41) is 12.1. The lowest BCUT2D eigenvalue weighted by Gasteiger charge is -2.20. The van der Waals surface area contributed by atoms with E-state index in [2.05, 4.69) is 31.0 Å². The highest BCUT2D eigenvalue weighted by Crippen LogP contribution is 2.17. The zero-order chi connectivity index (χ0) is 18.9. The number of hydrogen-bond acceptors (Lipinski definition) is 3. The van der Waals surface area contributed by atoms with Crippen molar-refractivity contribution in [1.82, 2.24) is 0 Å². The Morgan fingerprint density at radius 3 is 2.15 bits per heavy atom. The van der Waals surface area contributed by atoms with Crippen molar-refractivity contribution in [2.24, 2.45) is 0 Å². The molecule has 1 N–H and O–H groups in total. The molecule has 0 aliphatic carbocycles. The van der Waals surface area contributed by atoms with E-state index in [0.717, 1.165) is 30.8 Å². The van der Waals surface area contributed by atoms with Crippen LogP contribution in [0.5, 0.6) is 0 Å². The van der Waals surface area contributed by atoms with E-state index in [9.17, 15) is 10.1 Å². The average Bonchev–Trinajstić information content (AvgIpc) is 2.68. The Hall–Kier alpha value is -3.06. The number of amides is 1. The van der Waals surface area contributed by atoms with Crippen molar-refractivity contribution in [3.8, 4) is 6.07 Å². The molecule has 0 bridgehead atoms. The topological polar surface area (TPSA) is 56.1 Å². The van der Waals surface area contributed by atoms with Gasteiger partial charge in [-0.2, -0.15) is 5.26 Å². The normalized spacial score (nSPS) is 10.9. The second kappa shape index (κ2) is 9.43. The highest BCUT2D eigenvalue weighted by molar-refractivity contribution is 6.09. The van der Waals surface area contributed by atoms with E-state index in [-0.39, 0.29) is 5.57 Å². The largest absolute Gasteiger partial charge is 0.372 e. The third-order valence-corrected chi connectivity index (χ3v) is 4.32. The molecule has 26 heavy (non-hydrogen) atoms. The molecule has 0 heterocycles. The van der Waals surface area contributed by atoms with Crippen LogP contribution >= 0.6 is 0 Å². The number of hydrogen-bond donors (Lipinski definition) is 1. The van der Waals surface area contributed by atoms with Gasteiger partial charge in [0.15, 0.2) is 0 Å². The summed E-state index contributed by atoms with van der Waals surface area (Å²) in [5.41, 5.74) is 3.93. The smallest absolute Gasteiger partial charge is 0.266 e. The Labute approximate surface area is 155 Å². The Balaban J connectivity index is 2.13. The van der Waals surface area contributed by atoms with Crippen molar-refractivity contribution in [2.75, 3.05) is 23.3 Å². The van der Waals surface area contributed by atoms with Crippen LogP contribution in [0.4, 0.5) is 11.4 Å². The number of aryl methyl sites for hydroxylation is 1. The molecule has 0 aliphatic heterocycles. The Morgan fingerprint density at radius 2 is 1.65 bits per heavy atom. The predicted molar refractivity (Wildman–Crippen MR) is 108 cm³/mol. The Morgan fingerprint density at radius 1 is 1.04 bits per heavy atom. The lowest BCUT2D eigenvalue weighted by molar-refractivity contribution is -0.112. The molecule has 4 nitrogen and oxygen atoms in total. The maximum absolute atomic E-state index is 12.4. The van der Waals surface area contributed by atoms with Gasteiger partial charge in [-0.25, -0.2) is 0 Å². The zero-order valence-electron chi connectivity index (χ0n) is 15.6. The number of anilines is 2. The molecule has 0 saturated heterocycles. The van der Waals surface area contributed by atoms with Gasteiger partial charge in [0.25, 0.3) is 5.91 Å². The van der Waals surface area contributed by atoms with Gasteiger partial charge in [0.05, 0.1) is 0 Å². The molecule has 0 aromatic heterocycles. The molecular formula is C22H25N3O. The average molecular weight is 347 g/mol. The van der Waals surface area contributed by atoms with E-state index in [4.69, 9.17) is 0 Å². The minimum absolute atomic E-state index is 0.0835. The lowest BCUT2D eigenvalue weighted by atomic mass is 10.1. The minimum Gasteiger partial charge on any atom is -0.372 e. The first-order valence-electron chi connectivity index (χ1n) is 8.98. The van der Waals surface area contributed by atoms with Crippen molar-refractivity contribution < 1.29 is 4.79 Å². The van der Waals surface area contributed by atoms with E-state index < -0.39 is 5.91 Å². The summed E-state index contributed by atoms with van der Waals surface area (Å²) in [5.74, 6) is -0.399. The molecule has 1 amide bonds. The molecular weight excluding hydrogens is 322 g/mol. The van der Waals surface area contributed by atoms with E-state index in [1.165, 1.54) is 5.56 Å². The SMILES string of the molecule is CCc1ccc(NC(=O)/C(C#N)=C\c2ccc(N(CC)CC)cc2)cc1. The number of nitrogens with zero attached hydrogens (tertiary/aromatic N) is 2. The first kappa shape index (κ1) is 19.3. The first-order valence-corrected chi connectivity index (χ1v) is 8.98. The first-order chi connectivity index (χ1) is 12.6. The fraction of sp³-hybridized carbons (Fsp3) is 0.273. The summed E-state index contributed by atoms with van der Waals surface area (Å²) in [6, 6.07) is 17.5. The van der Waals surface area contributed by atoms with Crippen molar-refractivity contribution in [2.45, 2.75) is 27.2 Å². The van der Waals surface area contributed by atoms with Crippen LogP contribution in [-0.2, 0) is 11.2 Å². The monoisotopic (exact) mass is 347 g/mol. The Kier molecular flexibility index (Phi) is 6.99. The number of carbonyl (C=O) groups is 1. The summed E-state index contributed by atoms with van der Waals surface area (Å²) in [6.07, 6.45) is 2.56. The molecule has 0 spiro atoms. The third kappa shape index (κ3) is 4.97. The van der Waals surface area contributed by atoms with Gasteiger partial charge in [0.2, 0.25) is 0 Å². The second-order valence-electron chi connectivity index (χ2n) is 5.94. The number of benzene rings is 2. The van der Waals surface area contributed by atoms with E-state index in [1.54, 1.807) is 6.08 Å². The standard InChI is InChI=1S/C22H25N3O/c1-4-17-7-11-20(12-8-17)24-22(26)19(16-23)15-18-9-13-21(14-10-18)25(5-2)6-3/h7-15H,4-6H2,1-3H3,(H,24,26)/b19-15-. The van der Waals surface area contributed by atoms with Crippen LogP contribution in [0.25, 0.3) is 6.08 Å². The number of carbonyl (C=O) groups excluding carboxylic acids is 1. The van der Waals surface area contributed by atoms with Crippen molar-refractivity contribution in [1.29, 1.82) is 5.26 Å². The summed E-state index contributed by atoms with van der Waals surface area (Å²) in [4.78, 5) is 14.6. The van der Waals surface area contributed by atoms with Gasteiger partial charge in [0, 0.05) is 24.5 Å². The van der Waals surface area contributed by atoms with Gasteiger partial charge < -0.3 is 10.2 Å². The molecule has 2 aromatic carbocycles. The van der Waals surface area contributed by atoms with Crippen LogP contribution in [0.3, 0.4) is 0 Å². The van der Waals surface area contributed by atoms with Crippen LogP contribution in [0.2, 0.25) is 0 Å². The van der Waals surface area contributed by atoms with Crippen molar-refractivity contribution in [3.63, 3.8) is 0 Å². The van der Waals surface area contributed by atoms with Gasteiger partial charge >= 0.3 is 0 Å². The van der Waals surface area contributed by atoms with E-state index >= 15 is 0 Å². The van der Waals surface area contributed by atoms with Crippen molar-refractivity contribution in [3.05, 3.63) is 65.2 Å².